The van der Waals surface area contributed by atoms with Gasteiger partial charge in [0.25, 0.3) is 0 Å². The highest BCUT2D eigenvalue weighted by atomic mass is 32.2. The minimum absolute atomic E-state index is 0.354. The zero-order valence-corrected chi connectivity index (χ0v) is 11.4. The molecule has 16 heavy (non-hydrogen) atoms. The quantitative estimate of drug-likeness (QED) is 0.777. The molecular weight excluding hydrogens is 218 g/mol. The van der Waals surface area contributed by atoms with Crippen molar-refractivity contribution in [2.45, 2.75) is 45.6 Å². The minimum Gasteiger partial charge on any atom is -0.396 e. The van der Waals surface area contributed by atoms with Gasteiger partial charge in [0.05, 0.1) is 0 Å². The minimum atomic E-state index is 0.354. The van der Waals surface area contributed by atoms with Gasteiger partial charge in [0.15, 0.2) is 0 Å². The van der Waals surface area contributed by atoms with Crippen LogP contribution in [0.4, 0.5) is 0 Å². The number of aliphatic hydroxyl groups excluding tert-OH is 1. The number of hydrogen-bond acceptors (Lipinski definition) is 3. The van der Waals surface area contributed by atoms with Crippen molar-refractivity contribution in [1.29, 1.82) is 0 Å². The molecule has 2 nitrogen and oxygen atoms in total. The van der Waals surface area contributed by atoms with Crippen molar-refractivity contribution in [3.8, 4) is 0 Å². The highest BCUT2D eigenvalue weighted by Gasteiger charge is 2.42. The average molecular weight is 243 g/mol. The number of nitrogens with one attached hydrogen (secondary N) is 1. The normalized spacial score (nSPS) is 31.3. The Labute approximate surface area is 104 Å². The maximum absolute atomic E-state index is 9.03. The molecule has 1 atom stereocenters. The monoisotopic (exact) mass is 243 g/mol. The summed E-state index contributed by atoms with van der Waals surface area (Å²) in [6.07, 6.45) is 4.91. The third-order valence-electron chi connectivity index (χ3n) is 3.98. The molecule has 94 valence electrons. The lowest BCUT2D eigenvalue weighted by molar-refractivity contribution is 0.236. The van der Waals surface area contributed by atoms with Crippen LogP contribution >= 0.6 is 11.8 Å². The molecule has 0 bridgehead atoms. The number of aliphatic hydroxyl groups is 1. The van der Waals surface area contributed by atoms with Gasteiger partial charge in [-0.2, -0.15) is 11.8 Å². The summed E-state index contributed by atoms with van der Waals surface area (Å²) in [6, 6.07) is 0.685. The molecule has 0 amide bonds. The molecule has 1 aliphatic heterocycles. The van der Waals surface area contributed by atoms with Crippen LogP contribution in [0.2, 0.25) is 0 Å². The fraction of sp³-hybridized carbons (Fsp3) is 1.00. The Hall–Kier alpha value is 0.270. The first-order valence-electron chi connectivity index (χ1n) is 6.47. The van der Waals surface area contributed by atoms with Crippen LogP contribution in [-0.4, -0.2) is 35.8 Å². The van der Waals surface area contributed by atoms with Gasteiger partial charge in [-0.1, -0.05) is 13.8 Å². The molecule has 2 aliphatic rings. The Kier molecular flexibility index (Phi) is 3.87. The van der Waals surface area contributed by atoms with Crippen LogP contribution in [-0.2, 0) is 0 Å². The maximum atomic E-state index is 9.03. The molecule has 0 aromatic heterocycles. The van der Waals surface area contributed by atoms with Gasteiger partial charge >= 0.3 is 0 Å². The lowest BCUT2D eigenvalue weighted by atomic mass is 9.87. The molecule has 2 N–H and O–H groups in total. The predicted octanol–water partition coefficient (Wildman–Crippen LogP) is 2.27. The molecule has 0 aromatic carbocycles. The Morgan fingerprint density at radius 2 is 2.12 bits per heavy atom. The van der Waals surface area contributed by atoms with E-state index in [1.165, 1.54) is 30.8 Å². The van der Waals surface area contributed by atoms with E-state index >= 15 is 0 Å². The van der Waals surface area contributed by atoms with Crippen LogP contribution in [0.15, 0.2) is 0 Å². The SMILES string of the molecule is CC1(C)CSCC(NCC2(CCO)CC2)C1. The summed E-state index contributed by atoms with van der Waals surface area (Å²) in [5.41, 5.74) is 0.954. The van der Waals surface area contributed by atoms with Gasteiger partial charge in [-0.3, -0.25) is 0 Å². The Morgan fingerprint density at radius 3 is 2.69 bits per heavy atom. The molecule has 0 spiro atoms. The largest absolute Gasteiger partial charge is 0.396 e. The fourth-order valence-corrected chi connectivity index (χ4v) is 3.99. The average Bonchev–Trinajstić information content (AvgIpc) is 2.95. The highest BCUT2D eigenvalue weighted by Crippen LogP contribution is 2.48. The first-order chi connectivity index (χ1) is 7.55. The zero-order chi connectivity index (χ0) is 11.6. The van der Waals surface area contributed by atoms with Crippen molar-refractivity contribution in [1.82, 2.24) is 5.32 Å². The van der Waals surface area contributed by atoms with Crippen molar-refractivity contribution >= 4 is 11.8 Å². The zero-order valence-electron chi connectivity index (χ0n) is 10.6. The summed E-state index contributed by atoms with van der Waals surface area (Å²) in [5, 5.41) is 12.8. The lowest BCUT2D eigenvalue weighted by Crippen LogP contribution is -2.42. The third-order valence-corrected chi connectivity index (χ3v) is 5.60. The fourth-order valence-electron chi connectivity index (χ4n) is 2.68. The van der Waals surface area contributed by atoms with Crippen LogP contribution in [0.3, 0.4) is 0 Å². The van der Waals surface area contributed by atoms with E-state index in [0.29, 0.717) is 23.5 Å². The smallest absolute Gasteiger partial charge is 0.0436 e. The highest BCUT2D eigenvalue weighted by molar-refractivity contribution is 7.99. The second kappa shape index (κ2) is 4.87. The van der Waals surface area contributed by atoms with Crippen molar-refractivity contribution < 1.29 is 5.11 Å². The van der Waals surface area contributed by atoms with Crippen molar-refractivity contribution in [3.05, 3.63) is 0 Å². The molecule has 3 heteroatoms. The van der Waals surface area contributed by atoms with E-state index < -0.39 is 0 Å². The van der Waals surface area contributed by atoms with Gasteiger partial charge in [0.1, 0.15) is 0 Å². The number of hydrogen-bond donors (Lipinski definition) is 2. The Morgan fingerprint density at radius 1 is 1.38 bits per heavy atom. The van der Waals surface area contributed by atoms with Crippen LogP contribution in [0.25, 0.3) is 0 Å². The summed E-state index contributed by atoms with van der Waals surface area (Å²) in [6.45, 7) is 6.21. The molecule has 1 saturated heterocycles. The van der Waals surface area contributed by atoms with Crippen molar-refractivity contribution in [2.75, 3.05) is 24.7 Å². The van der Waals surface area contributed by atoms with Crippen molar-refractivity contribution in [2.24, 2.45) is 10.8 Å². The van der Waals surface area contributed by atoms with Gasteiger partial charge in [0, 0.05) is 24.9 Å². The second-order valence-electron chi connectivity index (χ2n) is 6.43. The number of thioether (sulfide) groups is 1. The van der Waals surface area contributed by atoms with Gasteiger partial charge in [0.2, 0.25) is 0 Å². The van der Waals surface area contributed by atoms with E-state index in [9.17, 15) is 0 Å². The molecule has 1 heterocycles. The predicted molar refractivity (Wildman–Crippen MR) is 70.9 cm³/mol. The van der Waals surface area contributed by atoms with E-state index in [0.717, 1.165) is 13.0 Å². The van der Waals surface area contributed by atoms with Crippen LogP contribution in [0, 0.1) is 10.8 Å². The van der Waals surface area contributed by atoms with Crippen molar-refractivity contribution in [3.63, 3.8) is 0 Å². The topological polar surface area (TPSA) is 32.3 Å². The van der Waals surface area contributed by atoms with E-state index in [2.05, 4.69) is 30.9 Å². The molecule has 1 saturated carbocycles. The first-order valence-corrected chi connectivity index (χ1v) is 7.63. The summed E-state index contributed by atoms with van der Waals surface area (Å²) in [5.74, 6) is 2.56. The molecule has 1 aliphatic carbocycles. The lowest BCUT2D eigenvalue weighted by Gasteiger charge is -2.36. The van der Waals surface area contributed by atoms with E-state index in [1.54, 1.807) is 0 Å². The van der Waals surface area contributed by atoms with E-state index in [-0.39, 0.29) is 0 Å². The molecule has 2 rings (SSSR count). The summed E-state index contributed by atoms with van der Waals surface area (Å²) in [4.78, 5) is 0. The standard InChI is InChI=1S/C13H25NOS/c1-12(2)7-11(8-16-10-12)14-9-13(3-4-13)5-6-15/h11,14-15H,3-10H2,1-2H3. The number of rotatable bonds is 5. The molecular formula is C13H25NOS. The van der Waals surface area contributed by atoms with Crippen LogP contribution in [0.5, 0.6) is 0 Å². The molecule has 0 aromatic rings. The summed E-state index contributed by atoms with van der Waals surface area (Å²) in [7, 11) is 0. The summed E-state index contributed by atoms with van der Waals surface area (Å²) < 4.78 is 0. The van der Waals surface area contributed by atoms with Crippen LogP contribution in [0.1, 0.15) is 39.5 Å². The van der Waals surface area contributed by atoms with Gasteiger partial charge in [-0.05, 0) is 42.3 Å². The van der Waals surface area contributed by atoms with Gasteiger partial charge in [-0.15, -0.1) is 0 Å². The first kappa shape index (κ1) is 12.7. The van der Waals surface area contributed by atoms with E-state index in [4.69, 9.17) is 5.11 Å². The van der Waals surface area contributed by atoms with Gasteiger partial charge in [-0.25, -0.2) is 0 Å². The molecule has 1 unspecified atom stereocenters. The summed E-state index contributed by atoms with van der Waals surface area (Å²) >= 11 is 2.08. The third kappa shape index (κ3) is 3.38. The van der Waals surface area contributed by atoms with Crippen LogP contribution < -0.4 is 5.32 Å². The Bertz CT molecular complexity index is 238. The second-order valence-corrected chi connectivity index (χ2v) is 7.47. The van der Waals surface area contributed by atoms with E-state index in [1.807, 2.05) is 0 Å². The molecule has 0 radical (unpaired) electrons. The maximum Gasteiger partial charge on any atom is 0.0436 e. The van der Waals surface area contributed by atoms with Gasteiger partial charge < -0.3 is 10.4 Å². The Balaban J connectivity index is 1.73. The molecule has 2 fully saturated rings.